The summed E-state index contributed by atoms with van der Waals surface area (Å²) in [6, 6.07) is 18.8. The maximum atomic E-state index is 9.62. The van der Waals surface area contributed by atoms with Crippen molar-refractivity contribution in [3.63, 3.8) is 0 Å². The smallest absolute Gasteiger partial charge is 0.119 e. The van der Waals surface area contributed by atoms with Gasteiger partial charge >= 0.3 is 0 Å². The Morgan fingerprint density at radius 1 is 0.917 bits per heavy atom. The second-order valence-corrected chi connectivity index (χ2v) is 6.82. The average Bonchev–Trinajstić information content (AvgIpc) is 2.55. The average molecular weight is 327 g/mol. The van der Waals surface area contributed by atoms with Crippen molar-refractivity contribution in [3.05, 3.63) is 65.7 Å². The van der Waals surface area contributed by atoms with Crippen LogP contribution in [0.5, 0.6) is 5.75 Å². The van der Waals surface area contributed by atoms with Crippen LogP contribution in [-0.2, 0) is 6.42 Å². The molecule has 0 aromatic heterocycles. The Kier molecular flexibility index (Phi) is 7.29. The van der Waals surface area contributed by atoms with Crippen molar-refractivity contribution in [2.75, 3.05) is 19.7 Å². The topological polar surface area (TPSA) is 41.5 Å². The van der Waals surface area contributed by atoms with E-state index >= 15 is 0 Å². The van der Waals surface area contributed by atoms with Crippen LogP contribution in [0.15, 0.2) is 54.6 Å². The molecule has 0 heterocycles. The lowest BCUT2D eigenvalue weighted by Gasteiger charge is -2.16. The highest BCUT2D eigenvalue weighted by atomic mass is 16.5. The van der Waals surface area contributed by atoms with Crippen molar-refractivity contribution in [2.24, 2.45) is 0 Å². The molecule has 0 fully saturated rings. The lowest BCUT2D eigenvalue weighted by atomic mass is 10.1. The molecule has 0 bridgehead atoms. The van der Waals surface area contributed by atoms with Gasteiger partial charge in [0.25, 0.3) is 0 Å². The van der Waals surface area contributed by atoms with Gasteiger partial charge in [-0.3, -0.25) is 0 Å². The quantitative estimate of drug-likeness (QED) is 0.652. The van der Waals surface area contributed by atoms with E-state index in [0.717, 1.165) is 38.1 Å². The zero-order valence-electron chi connectivity index (χ0n) is 14.8. The summed E-state index contributed by atoms with van der Waals surface area (Å²) in [6.07, 6.45) is 2.67. The predicted octanol–water partition coefficient (Wildman–Crippen LogP) is 3.80. The summed E-state index contributed by atoms with van der Waals surface area (Å²) in [5, 5.41) is 12.9. The molecule has 2 aromatic rings. The van der Waals surface area contributed by atoms with Gasteiger partial charge in [-0.2, -0.15) is 0 Å². The van der Waals surface area contributed by atoms with Gasteiger partial charge in [0.1, 0.15) is 5.75 Å². The fraction of sp³-hybridized carbons (Fsp3) is 0.429. The number of aliphatic hydroxyl groups is 1. The van der Waals surface area contributed by atoms with Gasteiger partial charge < -0.3 is 15.2 Å². The molecule has 130 valence electrons. The zero-order valence-corrected chi connectivity index (χ0v) is 14.8. The SMILES string of the molecule is CC(C)(O)CCNCCCOc1ccc(Cc2ccccc2)cc1. The molecule has 2 aromatic carbocycles. The van der Waals surface area contributed by atoms with Crippen molar-refractivity contribution < 1.29 is 9.84 Å². The first-order chi connectivity index (χ1) is 11.5. The maximum Gasteiger partial charge on any atom is 0.119 e. The van der Waals surface area contributed by atoms with Crippen LogP contribution in [0.4, 0.5) is 0 Å². The number of ether oxygens (including phenoxy) is 1. The highest BCUT2D eigenvalue weighted by molar-refractivity contribution is 5.31. The number of hydrogen-bond acceptors (Lipinski definition) is 3. The van der Waals surface area contributed by atoms with Crippen molar-refractivity contribution >= 4 is 0 Å². The molecule has 3 heteroatoms. The van der Waals surface area contributed by atoms with E-state index in [2.05, 4.69) is 41.7 Å². The van der Waals surface area contributed by atoms with Gasteiger partial charge in [0, 0.05) is 0 Å². The standard InChI is InChI=1S/C21H29NO2/c1-21(2,23)13-15-22-14-6-16-24-20-11-9-19(10-12-20)17-18-7-4-3-5-8-18/h3-5,7-12,22-23H,6,13-17H2,1-2H3. The molecule has 0 atom stereocenters. The Morgan fingerprint density at radius 3 is 2.25 bits per heavy atom. The van der Waals surface area contributed by atoms with E-state index in [0.29, 0.717) is 6.61 Å². The van der Waals surface area contributed by atoms with Crippen LogP contribution in [0.25, 0.3) is 0 Å². The Bertz CT molecular complexity index is 573. The third-order valence-electron chi connectivity index (χ3n) is 3.85. The lowest BCUT2D eigenvalue weighted by Crippen LogP contribution is -2.27. The summed E-state index contributed by atoms with van der Waals surface area (Å²) in [5.41, 5.74) is 2.02. The number of benzene rings is 2. The van der Waals surface area contributed by atoms with Gasteiger partial charge in [-0.25, -0.2) is 0 Å². The summed E-state index contributed by atoms with van der Waals surface area (Å²) < 4.78 is 5.77. The van der Waals surface area contributed by atoms with Gasteiger partial charge in [-0.1, -0.05) is 42.5 Å². The monoisotopic (exact) mass is 327 g/mol. The first kappa shape index (κ1) is 18.5. The Labute approximate surface area is 145 Å². The summed E-state index contributed by atoms with van der Waals surface area (Å²) in [4.78, 5) is 0. The first-order valence-electron chi connectivity index (χ1n) is 8.72. The molecule has 0 saturated heterocycles. The van der Waals surface area contributed by atoms with Gasteiger partial charge in [-0.15, -0.1) is 0 Å². The minimum atomic E-state index is -0.592. The van der Waals surface area contributed by atoms with Crippen molar-refractivity contribution in [2.45, 2.75) is 38.7 Å². The van der Waals surface area contributed by atoms with E-state index in [4.69, 9.17) is 4.74 Å². The summed E-state index contributed by atoms with van der Waals surface area (Å²) in [7, 11) is 0. The van der Waals surface area contributed by atoms with Gasteiger partial charge in [0.2, 0.25) is 0 Å². The largest absolute Gasteiger partial charge is 0.494 e. The van der Waals surface area contributed by atoms with E-state index in [1.54, 1.807) is 0 Å². The van der Waals surface area contributed by atoms with E-state index in [-0.39, 0.29) is 0 Å². The number of hydrogen-bond donors (Lipinski definition) is 2. The van der Waals surface area contributed by atoms with Gasteiger partial charge in [0.05, 0.1) is 12.2 Å². The zero-order chi connectivity index (χ0) is 17.3. The van der Waals surface area contributed by atoms with E-state index < -0.39 is 5.60 Å². The third-order valence-corrected chi connectivity index (χ3v) is 3.85. The minimum absolute atomic E-state index is 0.592. The van der Waals surface area contributed by atoms with E-state index in [1.807, 2.05) is 32.0 Å². The van der Waals surface area contributed by atoms with E-state index in [9.17, 15) is 5.11 Å². The van der Waals surface area contributed by atoms with Crippen LogP contribution >= 0.6 is 0 Å². The van der Waals surface area contributed by atoms with Crippen LogP contribution in [-0.4, -0.2) is 30.4 Å². The second-order valence-electron chi connectivity index (χ2n) is 6.82. The van der Waals surface area contributed by atoms with Crippen molar-refractivity contribution in [3.8, 4) is 5.75 Å². The molecule has 2 N–H and O–H groups in total. The minimum Gasteiger partial charge on any atom is -0.494 e. The molecule has 0 spiro atoms. The molecule has 0 aliphatic rings. The normalized spacial score (nSPS) is 11.5. The Hall–Kier alpha value is -1.84. The fourth-order valence-electron chi connectivity index (χ4n) is 2.44. The molecule has 0 aliphatic heterocycles. The molecule has 3 nitrogen and oxygen atoms in total. The van der Waals surface area contributed by atoms with Gasteiger partial charge in [-0.05, 0) is 69.5 Å². The Balaban J connectivity index is 1.62. The fourth-order valence-corrected chi connectivity index (χ4v) is 2.44. The van der Waals surface area contributed by atoms with Crippen LogP contribution in [0.3, 0.4) is 0 Å². The maximum absolute atomic E-state index is 9.62. The van der Waals surface area contributed by atoms with Crippen LogP contribution < -0.4 is 10.1 Å². The first-order valence-corrected chi connectivity index (χ1v) is 8.72. The highest BCUT2D eigenvalue weighted by Gasteiger charge is 2.10. The molecule has 24 heavy (non-hydrogen) atoms. The van der Waals surface area contributed by atoms with Crippen LogP contribution in [0.2, 0.25) is 0 Å². The van der Waals surface area contributed by atoms with Crippen molar-refractivity contribution in [1.29, 1.82) is 0 Å². The second kappa shape index (κ2) is 9.45. The summed E-state index contributed by atoms with van der Waals surface area (Å²) in [6.45, 7) is 6.10. The number of rotatable bonds is 10. The van der Waals surface area contributed by atoms with Crippen LogP contribution in [0.1, 0.15) is 37.8 Å². The van der Waals surface area contributed by atoms with Crippen LogP contribution in [0, 0.1) is 0 Å². The van der Waals surface area contributed by atoms with Crippen molar-refractivity contribution in [1.82, 2.24) is 5.32 Å². The summed E-state index contributed by atoms with van der Waals surface area (Å²) in [5.74, 6) is 0.920. The highest BCUT2D eigenvalue weighted by Crippen LogP contribution is 2.15. The molecule has 0 aliphatic carbocycles. The lowest BCUT2D eigenvalue weighted by molar-refractivity contribution is 0.0712. The van der Waals surface area contributed by atoms with E-state index in [1.165, 1.54) is 11.1 Å². The Morgan fingerprint density at radius 2 is 1.58 bits per heavy atom. The molecule has 2 rings (SSSR count). The molecule has 0 amide bonds. The number of nitrogens with one attached hydrogen (secondary N) is 1. The molecule has 0 saturated carbocycles. The molecular formula is C21H29NO2. The molecule has 0 unspecified atom stereocenters. The summed E-state index contributed by atoms with van der Waals surface area (Å²) >= 11 is 0. The van der Waals surface area contributed by atoms with Gasteiger partial charge in [0.15, 0.2) is 0 Å². The molecule has 0 radical (unpaired) electrons. The third kappa shape index (κ3) is 7.62. The predicted molar refractivity (Wildman–Crippen MR) is 99.6 cm³/mol. The molecular weight excluding hydrogens is 298 g/mol.